The molecule has 1 amide bonds. The number of nitrogens with one attached hydrogen (secondary N) is 1. The monoisotopic (exact) mass is 293 g/mol. The third kappa shape index (κ3) is 5.76. The molecule has 118 valence electrons. The fourth-order valence-corrected chi connectivity index (χ4v) is 2.47. The van der Waals surface area contributed by atoms with E-state index in [0.29, 0.717) is 18.9 Å². The number of carbonyl (C=O) groups excluding carboxylic acids is 1. The Morgan fingerprint density at radius 2 is 1.90 bits per heavy atom. The van der Waals surface area contributed by atoms with Crippen LogP contribution < -0.4 is 10.1 Å². The second-order valence-corrected chi connectivity index (χ2v) is 5.61. The van der Waals surface area contributed by atoms with E-state index < -0.39 is 0 Å². The molecule has 0 aliphatic rings. The lowest BCUT2D eigenvalue weighted by atomic mass is 10.0. The van der Waals surface area contributed by atoms with Gasteiger partial charge in [0.25, 0.3) is 5.91 Å². The summed E-state index contributed by atoms with van der Waals surface area (Å²) in [4.78, 5) is 11.8. The highest BCUT2D eigenvalue weighted by atomic mass is 16.5. The second-order valence-electron chi connectivity index (χ2n) is 5.61. The molecule has 0 radical (unpaired) electrons. The molecule has 1 unspecified atom stereocenters. The quantitative estimate of drug-likeness (QED) is 0.774. The van der Waals surface area contributed by atoms with Crippen molar-refractivity contribution < 1.29 is 14.6 Å². The van der Waals surface area contributed by atoms with E-state index in [0.717, 1.165) is 23.3 Å². The van der Waals surface area contributed by atoms with Gasteiger partial charge in [-0.2, -0.15) is 0 Å². The molecule has 0 bridgehead atoms. The van der Waals surface area contributed by atoms with E-state index in [2.05, 4.69) is 24.4 Å². The SMILES string of the molecule is CCC(CCO)CNC(=O)COc1c(C)cc(C)cc1C. The van der Waals surface area contributed by atoms with E-state index in [-0.39, 0.29) is 19.1 Å². The number of benzene rings is 1. The summed E-state index contributed by atoms with van der Waals surface area (Å²) in [6, 6.07) is 4.10. The van der Waals surface area contributed by atoms with Crippen LogP contribution in [0.3, 0.4) is 0 Å². The Morgan fingerprint density at radius 3 is 2.43 bits per heavy atom. The van der Waals surface area contributed by atoms with Gasteiger partial charge in [-0.25, -0.2) is 0 Å². The van der Waals surface area contributed by atoms with E-state index in [9.17, 15) is 4.79 Å². The number of ether oxygens (including phenoxy) is 1. The minimum absolute atomic E-state index is 0.0281. The van der Waals surface area contributed by atoms with Crippen molar-refractivity contribution in [2.24, 2.45) is 5.92 Å². The summed E-state index contributed by atoms with van der Waals surface area (Å²) in [6.45, 7) is 8.85. The average Bonchev–Trinajstić information content (AvgIpc) is 2.42. The highest BCUT2D eigenvalue weighted by Crippen LogP contribution is 2.24. The van der Waals surface area contributed by atoms with Gasteiger partial charge >= 0.3 is 0 Å². The molecule has 1 aromatic carbocycles. The lowest BCUT2D eigenvalue weighted by Gasteiger charge is -2.16. The first-order valence-corrected chi connectivity index (χ1v) is 7.56. The van der Waals surface area contributed by atoms with Crippen LogP contribution in [0, 0.1) is 26.7 Å². The van der Waals surface area contributed by atoms with Crippen LogP contribution in [-0.2, 0) is 4.79 Å². The molecule has 0 fully saturated rings. The molecule has 1 atom stereocenters. The molecular formula is C17H27NO3. The summed E-state index contributed by atoms with van der Waals surface area (Å²) < 4.78 is 5.65. The molecule has 0 saturated heterocycles. The first kappa shape index (κ1) is 17.5. The van der Waals surface area contributed by atoms with Gasteiger partial charge in [-0.05, 0) is 44.2 Å². The zero-order valence-corrected chi connectivity index (χ0v) is 13.5. The average molecular weight is 293 g/mol. The summed E-state index contributed by atoms with van der Waals surface area (Å²) in [5.74, 6) is 0.991. The van der Waals surface area contributed by atoms with Crippen LogP contribution in [0.5, 0.6) is 5.75 Å². The predicted molar refractivity (Wildman–Crippen MR) is 84.6 cm³/mol. The fourth-order valence-electron chi connectivity index (χ4n) is 2.47. The van der Waals surface area contributed by atoms with Crippen LogP contribution in [0.25, 0.3) is 0 Å². The Bertz CT molecular complexity index is 448. The summed E-state index contributed by atoms with van der Waals surface area (Å²) in [5, 5.41) is 11.8. The van der Waals surface area contributed by atoms with Crippen molar-refractivity contribution in [2.75, 3.05) is 19.8 Å². The van der Waals surface area contributed by atoms with Crippen LogP contribution in [0.15, 0.2) is 12.1 Å². The Balaban J connectivity index is 2.47. The van der Waals surface area contributed by atoms with Gasteiger partial charge in [0.05, 0.1) is 0 Å². The third-order valence-corrected chi connectivity index (χ3v) is 3.65. The normalized spacial score (nSPS) is 12.0. The van der Waals surface area contributed by atoms with E-state index in [1.165, 1.54) is 5.56 Å². The molecule has 0 heterocycles. The highest BCUT2D eigenvalue weighted by Gasteiger charge is 2.10. The number of rotatable bonds is 8. The van der Waals surface area contributed by atoms with Crippen LogP contribution in [0.1, 0.15) is 36.5 Å². The molecule has 1 rings (SSSR count). The fraction of sp³-hybridized carbons (Fsp3) is 0.588. The molecule has 1 aromatic rings. The van der Waals surface area contributed by atoms with Gasteiger partial charge in [0.15, 0.2) is 6.61 Å². The van der Waals surface area contributed by atoms with E-state index in [4.69, 9.17) is 9.84 Å². The number of aliphatic hydroxyl groups excluding tert-OH is 1. The number of aryl methyl sites for hydroxylation is 3. The first-order chi connectivity index (χ1) is 9.97. The van der Waals surface area contributed by atoms with E-state index >= 15 is 0 Å². The summed E-state index contributed by atoms with van der Waals surface area (Å²) in [5.41, 5.74) is 3.29. The van der Waals surface area contributed by atoms with Crippen molar-refractivity contribution in [3.05, 3.63) is 28.8 Å². The Labute approximate surface area is 127 Å². The molecule has 21 heavy (non-hydrogen) atoms. The largest absolute Gasteiger partial charge is 0.483 e. The van der Waals surface area contributed by atoms with Crippen molar-refractivity contribution >= 4 is 5.91 Å². The lowest BCUT2D eigenvalue weighted by Crippen LogP contribution is -2.33. The molecule has 2 N–H and O–H groups in total. The maximum atomic E-state index is 11.8. The first-order valence-electron chi connectivity index (χ1n) is 7.56. The maximum absolute atomic E-state index is 11.8. The third-order valence-electron chi connectivity index (χ3n) is 3.65. The van der Waals surface area contributed by atoms with Gasteiger partial charge in [-0.3, -0.25) is 4.79 Å². The topological polar surface area (TPSA) is 58.6 Å². The number of aliphatic hydroxyl groups is 1. The summed E-state index contributed by atoms with van der Waals surface area (Å²) in [7, 11) is 0. The zero-order chi connectivity index (χ0) is 15.8. The van der Waals surface area contributed by atoms with Crippen molar-refractivity contribution in [1.29, 1.82) is 0 Å². The van der Waals surface area contributed by atoms with Crippen LogP contribution in [-0.4, -0.2) is 30.8 Å². The van der Waals surface area contributed by atoms with Gasteiger partial charge < -0.3 is 15.2 Å². The van der Waals surface area contributed by atoms with Gasteiger partial charge in [0.1, 0.15) is 5.75 Å². The predicted octanol–water partition coefficient (Wildman–Crippen LogP) is 2.52. The Morgan fingerprint density at radius 1 is 1.29 bits per heavy atom. The van der Waals surface area contributed by atoms with Gasteiger partial charge in [-0.1, -0.05) is 31.0 Å². The van der Waals surface area contributed by atoms with Crippen molar-refractivity contribution in [2.45, 2.75) is 40.5 Å². The molecule has 4 heteroatoms. The molecule has 0 aliphatic heterocycles. The van der Waals surface area contributed by atoms with Crippen LogP contribution in [0.4, 0.5) is 0 Å². The standard InChI is InChI=1S/C17H27NO3/c1-5-15(6-7-19)10-18-16(20)11-21-17-13(3)8-12(2)9-14(17)4/h8-9,15,19H,5-7,10-11H2,1-4H3,(H,18,20). The Kier molecular flexibility index (Phi) is 7.23. The molecule has 0 spiro atoms. The number of hydrogen-bond acceptors (Lipinski definition) is 3. The van der Waals surface area contributed by atoms with Crippen molar-refractivity contribution in [3.63, 3.8) is 0 Å². The summed E-state index contributed by atoms with van der Waals surface area (Å²) >= 11 is 0. The van der Waals surface area contributed by atoms with Crippen LogP contribution >= 0.6 is 0 Å². The minimum Gasteiger partial charge on any atom is -0.483 e. The Hall–Kier alpha value is -1.55. The van der Waals surface area contributed by atoms with Crippen molar-refractivity contribution in [3.8, 4) is 5.75 Å². The number of hydrogen-bond donors (Lipinski definition) is 2. The van der Waals surface area contributed by atoms with E-state index in [1.54, 1.807) is 0 Å². The molecular weight excluding hydrogens is 266 g/mol. The van der Waals surface area contributed by atoms with Crippen LogP contribution in [0.2, 0.25) is 0 Å². The number of carbonyl (C=O) groups is 1. The van der Waals surface area contributed by atoms with Crippen molar-refractivity contribution in [1.82, 2.24) is 5.32 Å². The summed E-state index contributed by atoms with van der Waals surface area (Å²) in [6.07, 6.45) is 1.66. The smallest absolute Gasteiger partial charge is 0.257 e. The highest BCUT2D eigenvalue weighted by molar-refractivity contribution is 5.77. The zero-order valence-electron chi connectivity index (χ0n) is 13.5. The number of amides is 1. The maximum Gasteiger partial charge on any atom is 0.257 e. The van der Waals surface area contributed by atoms with Gasteiger partial charge in [0.2, 0.25) is 0 Å². The molecule has 0 aromatic heterocycles. The molecule has 0 aliphatic carbocycles. The van der Waals surface area contributed by atoms with Gasteiger partial charge in [0, 0.05) is 13.2 Å². The minimum atomic E-state index is -0.120. The molecule has 0 saturated carbocycles. The second kappa shape index (κ2) is 8.67. The molecule has 4 nitrogen and oxygen atoms in total. The lowest BCUT2D eigenvalue weighted by molar-refractivity contribution is -0.123. The van der Waals surface area contributed by atoms with Gasteiger partial charge in [-0.15, -0.1) is 0 Å². The van der Waals surface area contributed by atoms with E-state index in [1.807, 2.05) is 20.8 Å².